The molecule has 0 unspecified atom stereocenters. The Balaban J connectivity index is 1.39. The third kappa shape index (κ3) is 4.26. The van der Waals surface area contributed by atoms with Gasteiger partial charge in [0.2, 0.25) is 11.8 Å². The third-order valence-electron chi connectivity index (χ3n) is 5.40. The number of nitrogens with zero attached hydrogens (tertiary/aromatic N) is 1. The molecule has 4 rings (SSSR count). The van der Waals surface area contributed by atoms with E-state index in [4.69, 9.17) is 21.1 Å². The minimum Gasteiger partial charge on any atom is -0.352 e. The Morgan fingerprint density at radius 1 is 1.20 bits per heavy atom. The zero-order valence-corrected chi connectivity index (χ0v) is 17.4. The molecule has 0 spiro atoms. The van der Waals surface area contributed by atoms with E-state index in [0.717, 1.165) is 22.4 Å². The van der Waals surface area contributed by atoms with E-state index in [2.05, 4.69) is 5.32 Å². The van der Waals surface area contributed by atoms with Crippen LogP contribution >= 0.6 is 11.6 Å². The molecule has 2 aliphatic heterocycles. The van der Waals surface area contributed by atoms with Crippen molar-refractivity contribution >= 4 is 35.2 Å². The summed E-state index contributed by atoms with van der Waals surface area (Å²) in [5.41, 5.74) is 3.64. The van der Waals surface area contributed by atoms with E-state index in [1.165, 1.54) is 6.08 Å². The number of fused-ring (bicyclic) bond motifs is 1. The average Bonchev–Trinajstić information content (AvgIpc) is 3.33. The summed E-state index contributed by atoms with van der Waals surface area (Å²) in [6.45, 7) is 1.36. The number of ether oxygens (including phenoxy) is 2. The number of benzene rings is 2. The summed E-state index contributed by atoms with van der Waals surface area (Å²) in [6, 6.07) is 13.1. The molecule has 0 radical (unpaired) electrons. The second-order valence-corrected chi connectivity index (χ2v) is 7.79. The summed E-state index contributed by atoms with van der Waals surface area (Å²) >= 11 is 5.87. The van der Waals surface area contributed by atoms with E-state index in [-0.39, 0.29) is 11.8 Å². The summed E-state index contributed by atoms with van der Waals surface area (Å²) in [7, 11) is 1.78. The van der Waals surface area contributed by atoms with Crippen LogP contribution in [0.5, 0.6) is 0 Å². The van der Waals surface area contributed by atoms with E-state index < -0.39 is 5.79 Å². The number of rotatable bonds is 6. The highest BCUT2D eigenvalue weighted by molar-refractivity contribution is 6.30. The maximum atomic E-state index is 12.2. The Kier molecular flexibility index (Phi) is 5.90. The minimum atomic E-state index is -0.910. The molecule has 7 heteroatoms. The van der Waals surface area contributed by atoms with E-state index in [0.29, 0.717) is 37.6 Å². The van der Waals surface area contributed by atoms with Gasteiger partial charge in [-0.15, -0.1) is 0 Å². The first-order valence-corrected chi connectivity index (χ1v) is 10.2. The van der Waals surface area contributed by atoms with Crippen molar-refractivity contribution in [2.75, 3.05) is 31.7 Å². The van der Waals surface area contributed by atoms with E-state index in [1.807, 2.05) is 30.3 Å². The molecule has 2 aliphatic rings. The van der Waals surface area contributed by atoms with Crippen LogP contribution in [0.25, 0.3) is 6.08 Å². The highest BCUT2D eigenvalue weighted by Crippen LogP contribution is 2.38. The number of carbonyl (C=O) groups is 2. The quantitative estimate of drug-likeness (QED) is 0.720. The first kappa shape index (κ1) is 20.6. The summed E-state index contributed by atoms with van der Waals surface area (Å²) in [4.78, 5) is 25.8. The topological polar surface area (TPSA) is 67.9 Å². The van der Waals surface area contributed by atoms with Crippen LogP contribution in [0.15, 0.2) is 48.5 Å². The Labute approximate surface area is 180 Å². The zero-order valence-electron chi connectivity index (χ0n) is 16.7. The maximum absolute atomic E-state index is 12.2. The molecule has 156 valence electrons. The first-order chi connectivity index (χ1) is 14.5. The second kappa shape index (κ2) is 8.60. The molecule has 1 saturated heterocycles. The summed E-state index contributed by atoms with van der Waals surface area (Å²) < 4.78 is 11.9. The van der Waals surface area contributed by atoms with Gasteiger partial charge in [0.05, 0.1) is 19.6 Å². The Morgan fingerprint density at radius 3 is 2.67 bits per heavy atom. The van der Waals surface area contributed by atoms with Gasteiger partial charge in [-0.25, -0.2) is 0 Å². The number of amides is 2. The predicted octanol–water partition coefficient (Wildman–Crippen LogP) is 3.28. The molecule has 30 heavy (non-hydrogen) atoms. The predicted molar refractivity (Wildman–Crippen MR) is 115 cm³/mol. The second-order valence-electron chi connectivity index (χ2n) is 7.35. The molecular weight excluding hydrogens is 404 g/mol. The number of hydrogen-bond acceptors (Lipinski definition) is 4. The van der Waals surface area contributed by atoms with Gasteiger partial charge in [-0.2, -0.15) is 0 Å². The van der Waals surface area contributed by atoms with Gasteiger partial charge < -0.3 is 19.7 Å². The van der Waals surface area contributed by atoms with Gasteiger partial charge in [0, 0.05) is 42.4 Å². The number of hydrogen-bond donors (Lipinski definition) is 1. The van der Waals surface area contributed by atoms with Crippen molar-refractivity contribution in [3.63, 3.8) is 0 Å². The van der Waals surface area contributed by atoms with Crippen LogP contribution in [0.2, 0.25) is 5.02 Å². The number of likely N-dealkylation sites (N-methyl/N-ethyl adjacent to an activating group) is 1. The maximum Gasteiger partial charge on any atom is 0.244 e. The van der Waals surface area contributed by atoms with Crippen molar-refractivity contribution in [3.8, 4) is 0 Å². The van der Waals surface area contributed by atoms with Gasteiger partial charge in [0.1, 0.15) is 0 Å². The molecule has 2 aromatic carbocycles. The molecule has 2 aromatic rings. The Morgan fingerprint density at radius 2 is 1.93 bits per heavy atom. The Hall–Kier alpha value is -2.67. The fourth-order valence-corrected chi connectivity index (χ4v) is 3.90. The fourth-order valence-electron chi connectivity index (χ4n) is 3.77. The van der Waals surface area contributed by atoms with Gasteiger partial charge in [-0.1, -0.05) is 29.8 Å². The molecule has 0 atom stereocenters. The highest BCUT2D eigenvalue weighted by atomic mass is 35.5. The van der Waals surface area contributed by atoms with E-state index in [1.54, 1.807) is 30.2 Å². The number of halogens is 1. The molecule has 0 saturated carbocycles. The number of carbonyl (C=O) groups excluding carboxylic acids is 2. The van der Waals surface area contributed by atoms with Crippen molar-refractivity contribution in [3.05, 3.63) is 70.3 Å². The van der Waals surface area contributed by atoms with Gasteiger partial charge in [-0.3, -0.25) is 9.59 Å². The molecule has 1 fully saturated rings. The van der Waals surface area contributed by atoms with Crippen LogP contribution in [0.4, 0.5) is 5.69 Å². The van der Waals surface area contributed by atoms with Crippen molar-refractivity contribution in [2.24, 2.45) is 0 Å². The van der Waals surface area contributed by atoms with Gasteiger partial charge in [-0.05, 0) is 41.5 Å². The lowest BCUT2D eigenvalue weighted by Gasteiger charge is -2.28. The summed E-state index contributed by atoms with van der Waals surface area (Å²) in [6.07, 6.45) is 4.07. The van der Waals surface area contributed by atoms with Gasteiger partial charge in [0.25, 0.3) is 0 Å². The van der Waals surface area contributed by atoms with Crippen LogP contribution in [0.3, 0.4) is 0 Å². The van der Waals surface area contributed by atoms with Gasteiger partial charge in [0.15, 0.2) is 5.79 Å². The van der Waals surface area contributed by atoms with E-state index >= 15 is 0 Å². The first-order valence-electron chi connectivity index (χ1n) is 9.86. The molecule has 0 aromatic heterocycles. The lowest BCUT2D eigenvalue weighted by atomic mass is 9.98. The number of nitrogens with one attached hydrogen (secondary N) is 1. The minimum absolute atomic E-state index is 0.0733. The van der Waals surface area contributed by atoms with Crippen molar-refractivity contribution in [1.82, 2.24) is 5.32 Å². The van der Waals surface area contributed by atoms with Crippen LogP contribution in [-0.4, -0.2) is 38.6 Å². The van der Waals surface area contributed by atoms with Crippen LogP contribution in [0, 0.1) is 0 Å². The highest BCUT2D eigenvalue weighted by Gasteiger charge is 2.39. The fraction of sp³-hybridized carbons (Fsp3) is 0.304. The Bertz CT molecular complexity index is 981. The van der Waals surface area contributed by atoms with Crippen LogP contribution in [-0.2, 0) is 31.3 Å². The smallest absolute Gasteiger partial charge is 0.244 e. The number of anilines is 1. The standard InChI is InChI=1S/C23H23ClN2O4/c1-26-20-8-5-18(14-17(20)15-22(26)28)23(29-12-13-30-23)10-11-25-21(27)9-4-16-2-6-19(24)7-3-16/h2-9,14H,10-13,15H2,1H3,(H,25,27)/b9-4+. The summed E-state index contributed by atoms with van der Waals surface area (Å²) in [5, 5.41) is 3.53. The lowest BCUT2D eigenvalue weighted by molar-refractivity contribution is -0.170. The monoisotopic (exact) mass is 426 g/mol. The largest absolute Gasteiger partial charge is 0.352 e. The molecule has 6 nitrogen and oxygen atoms in total. The van der Waals surface area contributed by atoms with Crippen molar-refractivity contribution < 1.29 is 19.1 Å². The molecular formula is C23H23ClN2O4. The van der Waals surface area contributed by atoms with Crippen molar-refractivity contribution in [2.45, 2.75) is 18.6 Å². The average molecular weight is 427 g/mol. The lowest BCUT2D eigenvalue weighted by Crippen LogP contribution is -2.33. The zero-order chi connectivity index (χ0) is 21.1. The molecule has 2 heterocycles. The third-order valence-corrected chi connectivity index (χ3v) is 5.65. The molecule has 0 aliphatic carbocycles. The molecule has 1 N–H and O–H groups in total. The van der Waals surface area contributed by atoms with Crippen LogP contribution in [0.1, 0.15) is 23.1 Å². The van der Waals surface area contributed by atoms with E-state index in [9.17, 15) is 9.59 Å². The molecule has 0 bridgehead atoms. The SMILES string of the molecule is CN1C(=O)Cc2cc(C3(CCNC(=O)/C=C/c4ccc(Cl)cc4)OCCO3)ccc21. The molecule has 2 amide bonds. The normalized spacial score (nSPS) is 17.5. The van der Waals surface area contributed by atoms with Crippen molar-refractivity contribution in [1.29, 1.82) is 0 Å². The summed E-state index contributed by atoms with van der Waals surface area (Å²) in [5.74, 6) is -1.03. The van der Waals surface area contributed by atoms with Gasteiger partial charge >= 0.3 is 0 Å². The van der Waals surface area contributed by atoms with Crippen LogP contribution < -0.4 is 10.2 Å².